The van der Waals surface area contributed by atoms with E-state index in [1.807, 2.05) is 25.1 Å². The van der Waals surface area contributed by atoms with Crippen LogP contribution in [0, 0.1) is 6.92 Å². The van der Waals surface area contributed by atoms with Gasteiger partial charge in [0.05, 0.1) is 5.75 Å². The van der Waals surface area contributed by atoms with Gasteiger partial charge in [-0.05, 0) is 24.6 Å². The second kappa shape index (κ2) is 6.23. The highest BCUT2D eigenvalue weighted by Gasteiger charge is 2.08. The van der Waals surface area contributed by atoms with Crippen LogP contribution < -0.4 is 5.32 Å². The predicted octanol–water partition coefficient (Wildman–Crippen LogP) is 3.42. The second-order valence-electron chi connectivity index (χ2n) is 3.64. The number of hydrogen-bond acceptors (Lipinski definition) is 6. The molecule has 0 unspecified atom stereocenters. The van der Waals surface area contributed by atoms with Gasteiger partial charge >= 0.3 is 5.97 Å². The number of benzene rings is 1. The summed E-state index contributed by atoms with van der Waals surface area (Å²) in [7, 11) is 0. The zero-order valence-electron chi connectivity index (χ0n) is 9.88. The van der Waals surface area contributed by atoms with Gasteiger partial charge in [-0.3, -0.25) is 4.79 Å². The van der Waals surface area contributed by atoms with Crippen LogP contribution in [0.2, 0.25) is 5.02 Å². The van der Waals surface area contributed by atoms with Gasteiger partial charge in [0, 0.05) is 10.7 Å². The van der Waals surface area contributed by atoms with Crippen LogP contribution in [-0.2, 0) is 4.79 Å². The lowest BCUT2D eigenvalue weighted by molar-refractivity contribution is -0.133. The van der Waals surface area contributed by atoms with Gasteiger partial charge in [0.2, 0.25) is 5.13 Å². The fraction of sp³-hybridized carbons (Fsp3) is 0.182. The highest BCUT2D eigenvalue weighted by atomic mass is 35.5. The van der Waals surface area contributed by atoms with Crippen LogP contribution in [0.15, 0.2) is 22.5 Å². The molecule has 100 valence electrons. The van der Waals surface area contributed by atoms with E-state index in [9.17, 15) is 4.79 Å². The number of aryl methyl sites for hydroxylation is 1. The SMILES string of the molecule is Cc1ccc(Cl)cc1Nc1nnc(SCC(=O)O)s1. The number of aliphatic carboxylic acids is 1. The van der Waals surface area contributed by atoms with Crippen LogP contribution in [-0.4, -0.2) is 27.0 Å². The van der Waals surface area contributed by atoms with Gasteiger partial charge in [0.25, 0.3) is 0 Å². The van der Waals surface area contributed by atoms with Crippen LogP contribution in [0.1, 0.15) is 5.56 Å². The van der Waals surface area contributed by atoms with Gasteiger partial charge < -0.3 is 10.4 Å². The average molecular weight is 316 g/mol. The molecule has 0 atom stereocenters. The van der Waals surface area contributed by atoms with E-state index < -0.39 is 5.97 Å². The van der Waals surface area contributed by atoms with Crippen molar-refractivity contribution in [2.45, 2.75) is 11.3 Å². The number of halogens is 1. The van der Waals surface area contributed by atoms with Crippen molar-refractivity contribution in [3.05, 3.63) is 28.8 Å². The van der Waals surface area contributed by atoms with Crippen molar-refractivity contribution in [1.29, 1.82) is 0 Å². The van der Waals surface area contributed by atoms with Gasteiger partial charge in [-0.1, -0.05) is 40.8 Å². The third-order valence-electron chi connectivity index (χ3n) is 2.17. The smallest absolute Gasteiger partial charge is 0.313 e. The number of carbonyl (C=O) groups is 1. The van der Waals surface area contributed by atoms with Gasteiger partial charge in [-0.25, -0.2) is 0 Å². The van der Waals surface area contributed by atoms with E-state index in [1.165, 1.54) is 11.3 Å². The molecule has 2 rings (SSSR count). The zero-order chi connectivity index (χ0) is 13.8. The Balaban J connectivity index is 2.07. The van der Waals surface area contributed by atoms with Crippen LogP contribution in [0.3, 0.4) is 0 Å². The summed E-state index contributed by atoms with van der Waals surface area (Å²) in [6.45, 7) is 1.96. The minimum absolute atomic E-state index is 0.0230. The summed E-state index contributed by atoms with van der Waals surface area (Å²) in [5.74, 6) is -0.898. The molecule has 0 aliphatic carbocycles. The second-order valence-corrected chi connectivity index (χ2v) is 6.28. The molecule has 0 saturated heterocycles. The Hall–Kier alpha value is -1.31. The molecule has 1 heterocycles. The minimum atomic E-state index is -0.875. The van der Waals surface area contributed by atoms with E-state index in [0.29, 0.717) is 14.5 Å². The van der Waals surface area contributed by atoms with E-state index in [2.05, 4.69) is 15.5 Å². The normalized spacial score (nSPS) is 10.4. The Kier molecular flexibility index (Phi) is 4.62. The quantitative estimate of drug-likeness (QED) is 0.823. The molecule has 0 saturated carbocycles. The van der Waals surface area contributed by atoms with Crippen LogP contribution in [0.25, 0.3) is 0 Å². The van der Waals surface area contributed by atoms with Crippen LogP contribution in [0.5, 0.6) is 0 Å². The highest BCUT2D eigenvalue weighted by Crippen LogP contribution is 2.29. The van der Waals surface area contributed by atoms with Crippen molar-refractivity contribution in [2.75, 3.05) is 11.1 Å². The molecule has 2 N–H and O–H groups in total. The van der Waals surface area contributed by atoms with Crippen molar-refractivity contribution < 1.29 is 9.90 Å². The number of carboxylic acid groups (broad SMARTS) is 1. The fourth-order valence-electron chi connectivity index (χ4n) is 1.29. The highest BCUT2D eigenvalue weighted by molar-refractivity contribution is 8.01. The Morgan fingerprint density at radius 3 is 3.05 bits per heavy atom. The summed E-state index contributed by atoms with van der Waals surface area (Å²) in [6.07, 6.45) is 0. The minimum Gasteiger partial charge on any atom is -0.481 e. The Bertz CT molecular complexity index is 603. The molecule has 0 fully saturated rings. The van der Waals surface area contributed by atoms with E-state index in [1.54, 1.807) is 0 Å². The van der Waals surface area contributed by atoms with E-state index in [0.717, 1.165) is 23.0 Å². The molecule has 5 nitrogen and oxygen atoms in total. The summed E-state index contributed by atoms with van der Waals surface area (Å²) < 4.78 is 0.615. The lowest BCUT2D eigenvalue weighted by Gasteiger charge is -2.06. The summed E-state index contributed by atoms with van der Waals surface area (Å²) in [5, 5.41) is 20.8. The van der Waals surface area contributed by atoms with Gasteiger partial charge in [-0.15, -0.1) is 10.2 Å². The first kappa shape index (κ1) is 14.1. The first-order chi connectivity index (χ1) is 9.04. The molecule has 1 aromatic heterocycles. The molecular weight excluding hydrogens is 306 g/mol. The maximum Gasteiger partial charge on any atom is 0.313 e. The van der Waals surface area contributed by atoms with Crippen LogP contribution >= 0.6 is 34.7 Å². The maximum atomic E-state index is 10.5. The van der Waals surface area contributed by atoms with Crippen LogP contribution in [0.4, 0.5) is 10.8 Å². The van der Waals surface area contributed by atoms with Crippen molar-refractivity contribution in [2.24, 2.45) is 0 Å². The summed E-state index contributed by atoms with van der Waals surface area (Å²) in [6, 6.07) is 5.53. The van der Waals surface area contributed by atoms with Gasteiger partial charge in [0.15, 0.2) is 4.34 Å². The van der Waals surface area contributed by atoms with Crippen molar-refractivity contribution in [1.82, 2.24) is 10.2 Å². The Labute approximate surface area is 123 Å². The molecule has 0 bridgehead atoms. The Morgan fingerprint density at radius 2 is 2.32 bits per heavy atom. The zero-order valence-corrected chi connectivity index (χ0v) is 12.3. The van der Waals surface area contributed by atoms with E-state index in [4.69, 9.17) is 16.7 Å². The molecule has 1 aromatic carbocycles. The number of thioether (sulfide) groups is 1. The molecule has 0 radical (unpaired) electrons. The third-order valence-corrected chi connectivity index (χ3v) is 4.36. The van der Waals surface area contributed by atoms with E-state index in [-0.39, 0.29) is 5.75 Å². The standard InChI is InChI=1S/C11H10ClN3O2S2/c1-6-2-3-7(12)4-8(6)13-10-14-15-11(19-10)18-5-9(16)17/h2-4H,5H2,1H3,(H,13,14)(H,16,17). The number of nitrogens with zero attached hydrogens (tertiary/aromatic N) is 2. The number of rotatable bonds is 5. The lowest BCUT2D eigenvalue weighted by atomic mass is 10.2. The number of aromatic nitrogens is 2. The van der Waals surface area contributed by atoms with Crippen molar-refractivity contribution >= 4 is 51.5 Å². The summed E-state index contributed by atoms with van der Waals surface area (Å²) in [5.41, 5.74) is 1.90. The Morgan fingerprint density at radius 1 is 1.53 bits per heavy atom. The summed E-state index contributed by atoms with van der Waals surface area (Å²) >= 11 is 8.38. The summed E-state index contributed by atoms with van der Waals surface area (Å²) in [4.78, 5) is 10.5. The molecule has 0 aliphatic heterocycles. The molecular formula is C11H10ClN3O2S2. The topological polar surface area (TPSA) is 75.1 Å². The van der Waals surface area contributed by atoms with E-state index >= 15 is 0 Å². The molecule has 19 heavy (non-hydrogen) atoms. The number of nitrogens with one attached hydrogen (secondary N) is 1. The predicted molar refractivity (Wildman–Crippen MR) is 77.7 cm³/mol. The first-order valence-electron chi connectivity index (χ1n) is 5.26. The van der Waals surface area contributed by atoms with Gasteiger partial charge in [0.1, 0.15) is 0 Å². The lowest BCUT2D eigenvalue weighted by Crippen LogP contribution is -1.96. The van der Waals surface area contributed by atoms with Crippen molar-refractivity contribution in [3.8, 4) is 0 Å². The number of hydrogen-bond donors (Lipinski definition) is 2. The molecule has 2 aromatic rings. The third kappa shape index (κ3) is 4.09. The molecule has 0 amide bonds. The molecule has 8 heteroatoms. The largest absolute Gasteiger partial charge is 0.481 e. The molecule has 0 spiro atoms. The van der Waals surface area contributed by atoms with Crippen molar-refractivity contribution in [3.63, 3.8) is 0 Å². The molecule has 0 aliphatic rings. The number of anilines is 2. The first-order valence-corrected chi connectivity index (χ1v) is 7.44. The monoisotopic (exact) mass is 315 g/mol. The fourth-order valence-corrected chi connectivity index (χ4v) is 2.94. The maximum absolute atomic E-state index is 10.5. The average Bonchev–Trinajstić information content (AvgIpc) is 2.79. The number of carboxylic acids is 1. The van der Waals surface area contributed by atoms with Gasteiger partial charge in [-0.2, -0.15) is 0 Å².